The van der Waals surface area contributed by atoms with E-state index >= 15 is 0 Å². The molecule has 1 fully saturated rings. The number of amides is 1. The number of nitrogens with one attached hydrogen (secondary N) is 1. The maximum Gasteiger partial charge on any atom is 0.265 e. The second-order valence-electron chi connectivity index (χ2n) is 6.21. The Morgan fingerprint density at radius 1 is 1.07 bits per heavy atom. The summed E-state index contributed by atoms with van der Waals surface area (Å²) in [5.74, 6) is 1.14. The minimum Gasteiger partial charge on any atom is -0.497 e. The molecule has 1 saturated heterocycles. The zero-order chi connectivity index (χ0) is 19.4. The van der Waals surface area contributed by atoms with Gasteiger partial charge in [-0.25, -0.2) is 8.42 Å². The summed E-state index contributed by atoms with van der Waals surface area (Å²) in [6.45, 7) is 2.14. The van der Waals surface area contributed by atoms with Gasteiger partial charge in [-0.15, -0.1) is 0 Å². The van der Waals surface area contributed by atoms with Gasteiger partial charge in [0.25, 0.3) is 5.91 Å². The average Bonchev–Trinajstić information content (AvgIpc) is 3.02. The molecular weight excluding hydrogens is 368 g/mol. The van der Waals surface area contributed by atoms with Crippen LogP contribution < -0.4 is 19.1 Å². The Kier molecular flexibility index (Phi) is 5.55. The molecule has 0 radical (unpaired) electrons. The summed E-state index contributed by atoms with van der Waals surface area (Å²) < 4.78 is 36.0. The van der Waals surface area contributed by atoms with Crippen LogP contribution in [0.3, 0.4) is 0 Å². The molecule has 8 heteroatoms. The van der Waals surface area contributed by atoms with Crippen molar-refractivity contribution in [2.45, 2.75) is 19.4 Å². The Balaban J connectivity index is 1.59. The van der Waals surface area contributed by atoms with E-state index < -0.39 is 16.1 Å². The lowest BCUT2D eigenvalue weighted by atomic mass is 10.2. The Bertz CT molecular complexity index is 895. The van der Waals surface area contributed by atoms with Gasteiger partial charge in [-0.1, -0.05) is 0 Å². The number of carbonyl (C=O) groups excluding carboxylic acids is 1. The van der Waals surface area contributed by atoms with Crippen molar-refractivity contribution in [2.24, 2.45) is 0 Å². The number of methoxy groups -OCH3 is 1. The van der Waals surface area contributed by atoms with Crippen LogP contribution in [0.5, 0.6) is 11.5 Å². The Hall–Kier alpha value is -2.74. The summed E-state index contributed by atoms with van der Waals surface area (Å²) in [4.78, 5) is 12.3. The summed E-state index contributed by atoms with van der Waals surface area (Å²) >= 11 is 0. The predicted molar refractivity (Wildman–Crippen MR) is 104 cm³/mol. The number of hydrogen-bond acceptors (Lipinski definition) is 5. The van der Waals surface area contributed by atoms with Crippen molar-refractivity contribution in [2.75, 3.05) is 29.0 Å². The maximum atomic E-state index is 12.3. The molecule has 1 aliphatic rings. The van der Waals surface area contributed by atoms with Gasteiger partial charge in [0.2, 0.25) is 10.0 Å². The quantitative estimate of drug-likeness (QED) is 0.820. The van der Waals surface area contributed by atoms with Crippen LogP contribution in [0.25, 0.3) is 0 Å². The highest BCUT2D eigenvalue weighted by Crippen LogP contribution is 2.25. The molecule has 27 heavy (non-hydrogen) atoms. The van der Waals surface area contributed by atoms with Gasteiger partial charge in [-0.2, -0.15) is 0 Å². The lowest BCUT2D eigenvalue weighted by Gasteiger charge is -2.18. The van der Waals surface area contributed by atoms with Crippen LogP contribution in [0, 0.1) is 0 Å². The second-order valence-corrected chi connectivity index (χ2v) is 8.23. The smallest absolute Gasteiger partial charge is 0.265 e. The molecule has 1 amide bonds. The topological polar surface area (TPSA) is 84.9 Å². The van der Waals surface area contributed by atoms with Crippen molar-refractivity contribution in [3.8, 4) is 11.5 Å². The van der Waals surface area contributed by atoms with Crippen molar-refractivity contribution in [1.29, 1.82) is 0 Å². The summed E-state index contributed by atoms with van der Waals surface area (Å²) in [7, 11) is -1.63. The first kappa shape index (κ1) is 19.0. The fourth-order valence-electron chi connectivity index (χ4n) is 2.80. The second kappa shape index (κ2) is 7.87. The first-order chi connectivity index (χ1) is 12.9. The molecule has 0 aliphatic carbocycles. The highest BCUT2D eigenvalue weighted by molar-refractivity contribution is 7.93. The number of benzene rings is 2. The molecule has 0 saturated carbocycles. The minimum absolute atomic E-state index is 0.172. The fraction of sp³-hybridized carbons (Fsp3) is 0.316. The highest BCUT2D eigenvalue weighted by Gasteiger charge is 2.28. The third-order valence-electron chi connectivity index (χ3n) is 4.26. The van der Waals surface area contributed by atoms with Gasteiger partial charge in [-0.05, 0) is 61.9 Å². The van der Waals surface area contributed by atoms with Gasteiger partial charge < -0.3 is 14.8 Å². The third-order valence-corrected chi connectivity index (χ3v) is 6.13. The number of hydrogen-bond donors (Lipinski definition) is 1. The SMILES string of the molecule is COc1ccc(OC(C)C(=O)Nc2ccc(N3CCCS3(=O)=O)cc2)cc1. The van der Waals surface area contributed by atoms with Crippen LogP contribution in [0.4, 0.5) is 11.4 Å². The van der Waals surface area contributed by atoms with Crippen molar-refractivity contribution >= 4 is 27.3 Å². The molecule has 0 bridgehead atoms. The zero-order valence-corrected chi connectivity index (χ0v) is 16.0. The zero-order valence-electron chi connectivity index (χ0n) is 15.2. The van der Waals surface area contributed by atoms with E-state index in [0.29, 0.717) is 35.8 Å². The number of sulfonamides is 1. The molecule has 2 aromatic carbocycles. The molecule has 1 N–H and O–H groups in total. The highest BCUT2D eigenvalue weighted by atomic mass is 32.2. The normalized spacial score (nSPS) is 16.6. The van der Waals surface area contributed by atoms with Gasteiger partial charge in [0.05, 0.1) is 18.6 Å². The van der Waals surface area contributed by atoms with E-state index in [0.717, 1.165) is 0 Å². The van der Waals surface area contributed by atoms with Gasteiger partial charge in [0.1, 0.15) is 11.5 Å². The van der Waals surface area contributed by atoms with E-state index in [9.17, 15) is 13.2 Å². The van der Waals surface area contributed by atoms with E-state index in [1.54, 1.807) is 62.6 Å². The van der Waals surface area contributed by atoms with Gasteiger partial charge in [-0.3, -0.25) is 9.10 Å². The third kappa shape index (κ3) is 4.51. The number of anilines is 2. The van der Waals surface area contributed by atoms with Crippen LogP contribution in [-0.4, -0.2) is 39.8 Å². The standard InChI is InChI=1S/C19H22N2O5S/c1-14(26-18-10-8-17(25-2)9-11-18)19(22)20-15-4-6-16(7-5-15)21-12-3-13-27(21,23)24/h4-11,14H,3,12-13H2,1-2H3,(H,20,22). The molecule has 0 spiro atoms. The van der Waals surface area contributed by atoms with Crippen molar-refractivity contribution < 1.29 is 22.7 Å². The molecule has 144 valence electrons. The molecule has 0 aromatic heterocycles. The van der Waals surface area contributed by atoms with Crippen molar-refractivity contribution in [3.05, 3.63) is 48.5 Å². The first-order valence-electron chi connectivity index (χ1n) is 8.61. The van der Waals surface area contributed by atoms with Gasteiger partial charge in [0.15, 0.2) is 6.10 Å². The van der Waals surface area contributed by atoms with Crippen molar-refractivity contribution in [1.82, 2.24) is 0 Å². The average molecular weight is 390 g/mol. The Labute approximate surface area is 158 Å². The van der Waals surface area contributed by atoms with E-state index in [2.05, 4.69) is 5.32 Å². The number of nitrogens with zero attached hydrogens (tertiary/aromatic N) is 1. The van der Waals surface area contributed by atoms with E-state index in [1.165, 1.54) is 4.31 Å². The minimum atomic E-state index is -3.21. The lowest BCUT2D eigenvalue weighted by Crippen LogP contribution is -2.30. The van der Waals surface area contributed by atoms with Crippen LogP contribution in [0.1, 0.15) is 13.3 Å². The summed E-state index contributed by atoms with van der Waals surface area (Å²) in [5, 5.41) is 2.77. The number of rotatable bonds is 6. The molecule has 1 aliphatic heterocycles. The van der Waals surface area contributed by atoms with Crippen LogP contribution in [0.2, 0.25) is 0 Å². The molecule has 2 aromatic rings. The monoisotopic (exact) mass is 390 g/mol. The Morgan fingerprint density at radius 3 is 2.26 bits per heavy atom. The first-order valence-corrected chi connectivity index (χ1v) is 10.2. The maximum absolute atomic E-state index is 12.3. The van der Waals surface area contributed by atoms with E-state index in [4.69, 9.17) is 9.47 Å². The van der Waals surface area contributed by atoms with Crippen LogP contribution in [0.15, 0.2) is 48.5 Å². The fourth-order valence-corrected chi connectivity index (χ4v) is 4.36. The lowest BCUT2D eigenvalue weighted by molar-refractivity contribution is -0.122. The van der Waals surface area contributed by atoms with E-state index in [-0.39, 0.29) is 11.7 Å². The van der Waals surface area contributed by atoms with Crippen LogP contribution >= 0.6 is 0 Å². The summed E-state index contributed by atoms with van der Waals surface area (Å²) in [5.41, 5.74) is 1.18. The molecule has 1 unspecified atom stereocenters. The Morgan fingerprint density at radius 2 is 1.70 bits per heavy atom. The predicted octanol–water partition coefficient (Wildman–Crippen LogP) is 2.64. The van der Waals surface area contributed by atoms with E-state index in [1.807, 2.05) is 0 Å². The molecule has 1 atom stereocenters. The van der Waals surface area contributed by atoms with Gasteiger partial charge in [0, 0.05) is 12.2 Å². The molecule has 3 rings (SSSR count). The van der Waals surface area contributed by atoms with Gasteiger partial charge >= 0.3 is 0 Å². The largest absolute Gasteiger partial charge is 0.497 e. The number of carbonyl (C=O) groups is 1. The molecular formula is C19H22N2O5S. The molecule has 7 nitrogen and oxygen atoms in total. The van der Waals surface area contributed by atoms with Crippen molar-refractivity contribution in [3.63, 3.8) is 0 Å². The van der Waals surface area contributed by atoms with Crippen LogP contribution in [-0.2, 0) is 14.8 Å². The molecule has 1 heterocycles. The number of ether oxygens (including phenoxy) is 2. The summed E-state index contributed by atoms with van der Waals surface area (Å²) in [6.07, 6.45) is -0.0712. The summed E-state index contributed by atoms with van der Waals surface area (Å²) in [6, 6.07) is 13.7.